The quantitative estimate of drug-likeness (QED) is 0.562. The van der Waals surface area contributed by atoms with Crippen LogP contribution in [0.5, 0.6) is 5.75 Å². The van der Waals surface area contributed by atoms with E-state index in [1.165, 1.54) is 7.11 Å². The highest BCUT2D eigenvalue weighted by atomic mass is 16.5. The molecule has 3 heteroatoms. The molecule has 0 unspecified atom stereocenters. The minimum atomic E-state index is -0.327. The molecule has 0 aliphatic carbocycles. The summed E-state index contributed by atoms with van der Waals surface area (Å²) in [6.45, 7) is 1.97. The zero-order valence-electron chi connectivity index (χ0n) is 9.66. The second kappa shape index (κ2) is 5.82. The molecule has 0 aromatic heterocycles. The van der Waals surface area contributed by atoms with E-state index in [1.54, 1.807) is 7.11 Å². The van der Waals surface area contributed by atoms with Gasteiger partial charge in [-0.2, -0.15) is 0 Å². The Balaban J connectivity index is 2.80. The lowest BCUT2D eigenvalue weighted by Gasteiger charge is -2.01. The maximum Gasteiger partial charge on any atom is 0.317 e. The molecule has 0 bridgehead atoms. The molecular formula is C13H14O3. The molecule has 1 aromatic carbocycles. The Morgan fingerprint density at radius 1 is 1.31 bits per heavy atom. The summed E-state index contributed by atoms with van der Waals surface area (Å²) < 4.78 is 9.62. The molecule has 0 saturated heterocycles. The van der Waals surface area contributed by atoms with Gasteiger partial charge in [0.05, 0.1) is 14.2 Å². The van der Waals surface area contributed by atoms with E-state index >= 15 is 0 Å². The number of carbonyl (C=O) groups excluding carboxylic acids is 1. The Labute approximate surface area is 95.4 Å². The van der Waals surface area contributed by atoms with E-state index in [-0.39, 0.29) is 12.4 Å². The van der Waals surface area contributed by atoms with Crippen LogP contribution < -0.4 is 4.74 Å². The van der Waals surface area contributed by atoms with Gasteiger partial charge in [0.25, 0.3) is 0 Å². The minimum absolute atomic E-state index is 0.104. The normalized spacial score (nSPS) is 8.94. The van der Waals surface area contributed by atoms with Crippen molar-refractivity contribution >= 4 is 5.97 Å². The van der Waals surface area contributed by atoms with Crippen LogP contribution in [0.4, 0.5) is 0 Å². The van der Waals surface area contributed by atoms with Crippen molar-refractivity contribution in [1.29, 1.82) is 0 Å². The van der Waals surface area contributed by atoms with Crippen molar-refractivity contribution in [3.63, 3.8) is 0 Å². The van der Waals surface area contributed by atoms with Gasteiger partial charge in [0, 0.05) is 5.56 Å². The van der Waals surface area contributed by atoms with E-state index in [0.717, 1.165) is 16.9 Å². The third-order valence-electron chi connectivity index (χ3n) is 1.98. The molecule has 0 heterocycles. The monoisotopic (exact) mass is 218 g/mol. The number of rotatable bonds is 2. The second-order valence-electron chi connectivity index (χ2n) is 3.29. The SMILES string of the molecule is COC(=O)CC#Cc1cc(C)cc(OC)c1. The minimum Gasteiger partial charge on any atom is -0.497 e. The molecule has 84 valence electrons. The number of esters is 1. The summed E-state index contributed by atoms with van der Waals surface area (Å²) in [6.07, 6.45) is 0.104. The molecular weight excluding hydrogens is 204 g/mol. The molecule has 1 aromatic rings. The van der Waals surface area contributed by atoms with Gasteiger partial charge in [0.2, 0.25) is 0 Å². The van der Waals surface area contributed by atoms with Crippen molar-refractivity contribution in [3.8, 4) is 17.6 Å². The zero-order chi connectivity index (χ0) is 12.0. The Hall–Kier alpha value is -1.95. The Bertz CT molecular complexity index is 438. The van der Waals surface area contributed by atoms with Crippen LogP contribution in [0.2, 0.25) is 0 Å². The lowest BCUT2D eigenvalue weighted by atomic mass is 10.1. The van der Waals surface area contributed by atoms with Crippen LogP contribution in [0.3, 0.4) is 0 Å². The van der Waals surface area contributed by atoms with E-state index < -0.39 is 0 Å². The van der Waals surface area contributed by atoms with Crippen LogP contribution in [0.15, 0.2) is 18.2 Å². The van der Waals surface area contributed by atoms with Gasteiger partial charge in [-0.3, -0.25) is 4.79 Å². The van der Waals surface area contributed by atoms with Gasteiger partial charge >= 0.3 is 5.97 Å². The molecule has 1 rings (SSSR count). The van der Waals surface area contributed by atoms with Crippen LogP contribution in [-0.4, -0.2) is 20.2 Å². The number of hydrogen-bond acceptors (Lipinski definition) is 3. The molecule has 0 aliphatic rings. The largest absolute Gasteiger partial charge is 0.497 e. The molecule has 0 radical (unpaired) electrons. The lowest BCUT2D eigenvalue weighted by Crippen LogP contribution is -1.97. The van der Waals surface area contributed by atoms with Gasteiger partial charge in [0.1, 0.15) is 12.2 Å². The predicted octanol–water partition coefficient (Wildman–Crippen LogP) is 1.92. The third-order valence-corrected chi connectivity index (χ3v) is 1.98. The number of carbonyl (C=O) groups is 1. The molecule has 0 aliphatic heterocycles. The van der Waals surface area contributed by atoms with Gasteiger partial charge in [-0.1, -0.05) is 11.8 Å². The van der Waals surface area contributed by atoms with E-state index in [9.17, 15) is 4.79 Å². The van der Waals surface area contributed by atoms with Crippen molar-refractivity contribution in [3.05, 3.63) is 29.3 Å². The van der Waals surface area contributed by atoms with E-state index in [1.807, 2.05) is 25.1 Å². The van der Waals surface area contributed by atoms with Crippen LogP contribution in [0, 0.1) is 18.8 Å². The van der Waals surface area contributed by atoms with Gasteiger partial charge in [-0.15, -0.1) is 0 Å². The van der Waals surface area contributed by atoms with E-state index in [4.69, 9.17) is 4.74 Å². The molecule has 0 N–H and O–H groups in total. The van der Waals surface area contributed by atoms with E-state index in [0.29, 0.717) is 0 Å². The maximum absolute atomic E-state index is 10.8. The second-order valence-corrected chi connectivity index (χ2v) is 3.29. The first-order valence-electron chi connectivity index (χ1n) is 4.87. The highest BCUT2D eigenvalue weighted by Gasteiger charge is 1.97. The molecule has 0 saturated carbocycles. The maximum atomic E-state index is 10.8. The van der Waals surface area contributed by atoms with Crippen molar-refractivity contribution in [2.75, 3.05) is 14.2 Å². The molecule has 0 atom stereocenters. The number of benzene rings is 1. The molecule has 0 fully saturated rings. The highest BCUT2D eigenvalue weighted by Crippen LogP contribution is 2.15. The first-order chi connectivity index (χ1) is 7.65. The first-order valence-corrected chi connectivity index (χ1v) is 4.87. The fourth-order valence-corrected chi connectivity index (χ4v) is 1.23. The van der Waals surface area contributed by atoms with Gasteiger partial charge < -0.3 is 9.47 Å². The Kier molecular flexibility index (Phi) is 4.41. The molecule has 0 amide bonds. The van der Waals surface area contributed by atoms with Crippen LogP contribution >= 0.6 is 0 Å². The standard InChI is InChI=1S/C13H14O3/c1-10-7-11(9-12(8-10)15-2)5-4-6-13(14)16-3/h7-9H,6H2,1-3H3. The Morgan fingerprint density at radius 2 is 2.06 bits per heavy atom. The summed E-state index contributed by atoms with van der Waals surface area (Å²) in [5.41, 5.74) is 1.91. The first kappa shape index (κ1) is 12.1. The summed E-state index contributed by atoms with van der Waals surface area (Å²) in [5.74, 6) is 6.08. The average Bonchev–Trinajstić information content (AvgIpc) is 2.28. The van der Waals surface area contributed by atoms with E-state index in [2.05, 4.69) is 16.6 Å². The summed E-state index contributed by atoms with van der Waals surface area (Å²) in [6, 6.07) is 5.69. The van der Waals surface area contributed by atoms with Crippen molar-refractivity contribution in [2.45, 2.75) is 13.3 Å². The van der Waals surface area contributed by atoms with Crippen molar-refractivity contribution < 1.29 is 14.3 Å². The number of hydrogen-bond donors (Lipinski definition) is 0. The molecule has 0 spiro atoms. The topological polar surface area (TPSA) is 35.5 Å². The average molecular weight is 218 g/mol. The molecule has 16 heavy (non-hydrogen) atoms. The summed E-state index contributed by atoms with van der Waals surface area (Å²) in [7, 11) is 2.96. The van der Waals surface area contributed by atoms with Crippen LogP contribution in [-0.2, 0) is 9.53 Å². The third kappa shape index (κ3) is 3.66. The van der Waals surface area contributed by atoms with Gasteiger partial charge in [-0.25, -0.2) is 0 Å². The number of aryl methyl sites for hydroxylation is 1. The molecule has 3 nitrogen and oxygen atoms in total. The fraction of sp³-hybridized carbons (Fsp3) is 0.308. The van der Waals surface area contributed by atoms with Crippen molar-refractivity contribution in [2.24, 2.45) is 0 Å². The summed E-state index contributed by atoms with van der Waals surface area (Å²) in [4.78, 5) is 10.8. The summed E-state index contributed by atoms with van der Waals surface area (Å²) in [5, 5.41) is 0. The van der Waals surface area contributed by atoms with Gasteiger partial charge in [-0.05, 0) is 30.7 Å². The van der Waals surface area contributed by atoms with Crippen LogP contribution in [0.1, 0.15) is 17.5 Å². The van der Waals surface area contributed by atoms with Crippen LogP contribution in [0.25, 0.3) is 0 Å². The smallest absolute Gasteiger partial charge is 0.317 e. The fourth-order valence-electron chi connectivity index (χ4n) is 1.23. The number of methoxy groups -OCH3 is 2. The van der Waals surface area contributed by atoms with Gasteiger partial charge in [0.15, 0.2) is 0 Å². The summed E-state index contributed by atoms with van der Waals surface area (Å²) >= 11 is 0. The highest BCUT2D eigenvalue weighted by molar-refractivity contribution is 5.72. The van der Waals surface area contributed by atoms with Crippen molar-refractivity contribution in [1.82, 2.24) is 0 Å². The predicted molar refractivity (Wildman–Crippen MR) is 61.2 cm³/mol. The number of ether oxygens (including phenoxy) is 2. The zero-order valence-corrected chi connectivity index (χ0v) is 9.66. The Morgan fingerprint density at radius 3 is 2.69 bits per heavy atom. The lowest BCUT2D eigenvalue weighted by molar-refractivity contribution is -0.139.